The molecule has 0 aromatic carbocycles. The summed E-state index contributed by atoms with van der Waals surface area (Å²) in [4.78, 5) is 80.9. The Labute approximate surface area is 743 Å². The molecular weight excluding hydrogens is 1540 g/mol. The summed E-state index contributed by atoms with van der Waals surface area (Å²) in [5, 5.41) is 33.2. The number of methoxy groups -OCH3 is 2. The Bertz CT molecular complexity index is 3050. The minimum Gasteiger partial charge on any atom is -0.446 e. The Hall–Kier alpha value is -4.01. The summed E-state index contributed by atoms with van der Waals surface area (Å²) in [5.41, 5.74) is 4.64. The molecule has 8 aliphatic carbocycles. The lowest BCUT2D eigenvalue weighted by atomic mass is 9.47. The van der Waals surface area contributed by atoms with Crippen LogP contribution in [0.5, 0.6) is 0 Å². The van der Waals surface area contributed by atoms with E-state index >= 15 is 0 Å². The molecule has 20 heteroatoms. The number of likely N-dealkylation sites (tertiary alicyclic amines) is 4. The molecule has 4 saturated heterocycles. The minimum atomic E-state index is -0.550. The van der Waals surface area contributed by atoms with E-state index in [2.05, 4.69) is 124 Å². The topological polar surface area (TPSA) is 237 Å². The van der Waals surface area contributed by atoms with Crippen LogP contribution in [0.3, 0.4) is 0 Å². The van der Waals surface area contributed by atoms with E-state index in [0.717, 1.165) is 118 Å². The fourth-order valence-electron chi connectivity index (χ4n) is 25.1. The molecular formula is C101H183ClN6O13. The molecule has 23 atom stereocenters. The number of aliphatic hydroxyl groups excluding tert-OH is 3. The Kier molecular flexibility index (Phi) is 47.7. The second kappa shape index (κ2) is 53.7. The molecule has 0 aromatic rings. The third-order valence-electron chi connectivity index (χ3n) is 32.3. The molecule has 4 heterocycles. The van der Waals surface area contributed by atoms with E-state index in [0.29, 0.717) is 80.7 Å². The van der Waals surface area contributed by atoms with Crippen molar-refractivity contribution in [2.45, 2.75) is 405 Å². The second-order valence-electron chi connectivity index (χ2n) is 39.6. The lowest BCUT2D eigenvalue weighted by Gasteiger charge is -2.58. The standard InChI is InChI=1S/C39H66N2O4.C37H62N2O4.C9H17NO2.C8H15NO3.2C3H8.CH3Cl.CH4/c1-7-10-11-12-13-14-15-28-17-19-32-31-18-16-29-24-30(20-22-39(29,5)33(31)21-23-38(28,32)4)45-37(43)40-25-35(42)41-26-27(8-2)36(44-6)34(41)9-3;1-6-8-9-10-11-12-13-27-15-17-31-30-16-14-28-22-29(18-20-37(28,4)32(30)19-21-36(27,31)3)43-35(41)38-23-34(40)39-24-26(7-2)33(25-39)42-5;1-3-7-5-10(6-8(7)11)9(12)4-2;1-2-8(12)9-3-6(5-10)7(11)4-9;2*1-3-2;1-2;/h16,27-28,30-34,36H,7-15,17-26H2,1-6H3,(H,40,43);14,26-27,29-33H,6-13,15-25H2,1-5H3,(H,38,41);7-8,11H,3-6H2,1-2H3;6-7,10-11H,2-5H2,1H3;2*3H2,1-2H3;1H3;1H4/t27-,28-,30?,31?,32?,33?,34-,36-,38+,39-;26-,27-,29?,30?,31?,32?,33+,36+,37-;7-,8-;6-,7-;;;;/m0010..../s1. The van der Waals surface area contributed by atoms with Gasteiger partial charge < -0.3 is 64.5 Å². The van der Waals surface area contributed by atoms with Crippen molar-refractivity contribution < 1.29 is 63.0 Å². The third-order valence-corrected chi connectivity index (χ3v) is 32.3. The molecule has 5 N–H and O–H groups in total. The number of nitrogens with one attached hydrogen (secondary N) is 2. The van der Waals surface area contributed by atoms with Crippen molar-refractivity contribution in [1.82, 2.24) is 30.2 Å². The monoisotopic (exact) mass is 1720 g/mol. The Balaban J connectivity index is 0.000000315. The SMILES string of the molecule is C.CCC.CCC.CCC(=O)N1C[C@@H](CC)[C@H](O)C1.CCC(=O)N1C[C@@H](CO)[C@@H](O)C1.CCCCCCCC[C@H]1CCC2C3CC=C4CC(OC(=O)NCC(=O)N5C[C@H](CC)[C@H](OC)C5)CC[C@]4(C)C3CC[C@@]21C.CCCCCCCC[C@H]1CCC2C3CC=C4CC(OC(=O)NCC(=O)N5C[C@H](CC)[C@H](OC)[C@@H]5CC)CC[C@]4(C)C3CC[C@@]21C.CCl. The quantitative estimate of drug-likeness (QED) is 0.0266. The summed E-state index contributed by atoms with van der Waals surface area (Å²) < 4.78 is 23.2. The van der Waals surface area contributed by atoms with Crippen LogP contribution in [-0.4, -0.2) is 200 Å². The summed E-state index contributed by atoms with van der Waals surface area (Å²) >= 11 is 4.64. The fourth-order valence-corrected chi connectivity index (χ4v) is 25.1. The number of carbonyl (C=O) groups excluding carboxylic acids is 6. The first-order valence-electron chi connectivity index (χ1n) is 49.4. The number of amides is 6. The number of halogens is 1. The van der Waals surface area contributed by atoms with Crippen LogP contribution in [0.1, 0.15) is 362 Å². The number of fused-ring (bicyclic) bond motifs is 10. The number of ether oxygens (including phenoxy) is 4. The highest BCUT2D eigenvalue weighted by molar-refractivity contribution is 6.15. The number of allylic oxidation sites excluding steroid dienone is 2. The van der Waals surface area contributed by atoms with Gasteiger partial charge in [0.15, 0.2) is 0 Å². The highest BCUT2D eigenvalue weighted by Gasteiger charge is 2.61. The smallest absolute Gasteiger partial charge is 0.407 e. The molecule has 121 heavy (non-hydrogen) atoms. The zero-order chi connectivity index (χ0) is 88.5. The van der Waals surface area contributed by atoms with Crippen molar-refractivity contribution >= 4 is 47.4 Å². The van der Waals surface area contributed by atoms with Gasteiger partial charge in [-0.1, -0.05) is 231 Å². The van der Waals surface area contributed by atoms with Crippen LogP contribution in [0.4, 0.5) is 9.59 Å². The molecule has 0 aromatic heterocycles. The van der Waals surface area contributed by atoms with E-state index < -0.39 is 18.3 Å². The summed E-state index contributed by atoms with van der Waals surface area (Å²) in [5.74, 6) is 7.74. The van der Waals surface area contributed by atoms with Crippen molar-refractivity contribution in [3.8, 4) is 0 Å². The Morgan fingerprint density at radius 2 is 0.860 bits per heavy atom. The first kappa shape index (κ1) is 108. The van der Waals surface area contributed by atoms with E-state index in [1.807, 2.05) is 23.6 Å². The molecule has 702 valence electrons. The van der Waals surface area contributed by atoms with Crippen molar-refractivity contribution in [2.75, 3.05) is 86.1 Å². The lowest BCUT2D eigenvalue weighted by Crippen LogP contribution is -2.50. The molecule has 0 radical (unpaired) electrons. The summed E-state index contributed by atoms with van der Waals surface area (Å²) in [7, 11) is 3.45. The van der Waals surface area contributed by atoms with Crippen LogP contribution in [0.2, 0.25) is 0 Å². The lowest BCUT2D eigenvalue weighted by molar-refractivity contribution is -0.132. The van der Waals surface area contributed by atoms with Crippen molar-refractivity contribution in [3.05, 3.63) is 23.3 Å². The van der Waals surface area contributed by atoms with Gasteiger partial charge in [0, 0.05) is 116 Å². The molecule has 4 aliphatic heterocycles. The number of carbonyl (C=O) groups is 6. The number of hydrogen-bond acceptors (Lipinski definition) is 13. The van der Waals surface area contributed by atoms with Crippen LogP contribution >= 0.6 is 11.6 Å². The van der Waals surface area contributed by atoms with E-state index in [9.17, 15) is 39.0 Å². The highest BCUT2D eigenvalue weighted by Crippen LogP contribution is 2.69. The number of β-amino-alcohol motifs (C(OH)–C–C–N with tert-alkyl or cyclic N) is 2. The first-order chi connectivity index (χ1) is 57.6. The molecule has 12 rings (SSSR count). The highest BCUT2D eigenvalue weighted by atomic mass is 35.5. The van der Waals surface area contributed by atoms with Gasteiger partial charge in [-0.05, 0) is 197 Å². The van der Waals surface area contributed by atoms with Gasteiger partial charge in [0.25, 0.3) is 0 Å². The van der Waals surface area contributed by atoms with Gasteiger partial charge in [0.2, 0.25) is 23.6 Å². The maximum Gasteiger partial charge on any atom is 0.407 e. The van der Waals surface area contributed by atoms with Crippen molar-refractivity contribution in [3.63, 3.8) is 0 Å². The number of rotatable bonds is 29. The van der Waals surface area contributed by atoms with Gasteiger partial charge in [-0.2, -0.15) is 0 Å². The second-order valence-corrected chi connectivity index (χ2v) is 39.6. The zero-order valence-corrected chi connectivity index (χ0v) is 80.4. The predicted octanol–water partition coefficient (Wildman–Crippen LogP) is 21.5. The zero-order valence-electron chi connectivity index (χ0n) is 79.7. The van der Waals surface area contributed by atoms with Crippen molar-refractivity contribution in [1.29, 1.82) is 0 Å². The molecule has 12 aliphatic rings. The first-order valence-corrected chi connectivity index (χ1v) is 50.2. The van der Waals surface area contributed by atoms with Crippen LogP contribution in [0, 0.1) is 92.7 Å². The van der Waals surface area contributed by atoms with Gasteiger partial charge in [0.05, 0.1) is 37.1 Å². The van der Waals surface area contributed by atoms with E-state index in [1.54, 1.807) is 30.9 Å². The number of aliphatic hydroxyl groups is 3. The molecule has 10 fully saturated rings. The van der Waals surface area contributed by atoms with E-state index in [-0.39, 0.29) is 104 Å². The number of alkyl halides is 1. The fraction of sp³-hybridized carbons (Fsp3) is 0.901. The van der Waals surface area contributed by atoms with Gasteiger partial charge in [0.1, 0.15) is 25.3 Å². The Morgan fingerprint density at radius 3 is 1.24 bits per heavy atom. The number of hydrogen-bond donors (Lipinski definition) is 5. The minimum absolute atomic E-state index is 0. The average molecular weight is 1730 g/mol. The van der Waals surface area contributed by atoms with E-state index in [4.69, 9.17) is 24.1 Å². The van der Waals surface area contributed by atoms with Gasteiger partial charge in [-0.25, -0.2) is 9.59 Å². The molecule has 6 amide bonds. The summed E-state index contributed by atoms with van der Waals surface area (Å²) in [6, 6.07) is 0.0662. The molecule has 19 nitrogen and oxygen atoms in total. The van der Waals surface area contributed by atoms with Crippen LogP contribution in [-0.2, 0) is 38.1 Å². The van der Waals surface area contributed by atoms with Crippen molar-refractivity contribution in [2.24, 2.45) is 92.7 Å². The largest absolute Gasteiger partial charge is 0.446 e. The molecule has 0 spiro atoms. The predicted molar refractivity (Wildman–Crippen MR) is 495 cm³/mol. The molecule has 6 saturated carbocycles. The average Bonchev–Trinajstić information content (AvgIpc) is 1.67. The van der Waals surface area contributed by atoms with Gasteiger partial charge in [-0.15, -0.1) is 11.6 Å². The number of nitrogens with zero attached hydrogens (tertiary/aromatic N) is 4. The third kappa shape index (κ3) is 28.0. The summed E-state index contributed by atoms with van der Waals surface area (Å²) in [6.45, 7) is 39.6. The molecule has 8 unspecified atom stereocenters. The van der Waals surface area contributed by atoms with Gasteiger partial charge >= 0.3 is 12.2 Å². The molecule has 0 bridgehead atoms. The maximum atomic E-state index is 13.1. The van der Waals surface area contributed by atoms with Crippen LogP contribution < -0.4 is 10.6 Å². The number of unbranched alkanes of at least 4 members (excludes halogenated alkanes) is 10. The van der Waals surface area contributed by atoms with Crippen LogP contribution in [0.15, 0.2) is 23.3 Å². The number of alkyl carbamates (subject to hydrolysis) is 2. The summed E-state index contributed by atoms with van der Waals surface area (Å²) in [6.07, 6.45) is 51.3. The maximum absolute atomic E-state index is 13.1. The van der Waals surface area contributed by atoms with E-state index in [1.165, 1.54) is 184 Å². The normalized spacial score (nSPS) is 34.4. The van der Waals surface area contributed by atoms with Gasteiger partial charge in [-0.3, -0.25) is 19.2 Å². The Morgan fingerprint density at radius 1 is 0.455 bits per heavy atom. The van der Waals surface area contributed by atoms with Crippen LogP contribution in [0.25, 0.3) is 0 Å².